The van der Waals surface area contributed by atoms with Crippen LogP contribution >= 0.6 is 27.7 Å². The van der Waals surface area contributed by atoms with Crippen molar-refractivity contribution in [3.63, 3.8) is 0 Å². The van der Waals surface area contributed by atoms with E-state index in [1.165, 1.54) is 11.8 Å². The Bertz CT molecular complexity index is 280. The predicted molar refractivity (Wildman–Crippen MR) is 52.1 cm³/mol. The Hall–Kier alpha value is -0.130. The van der Waals surface area contributed by atoms with Gasteiger partial charge in [0.25, 0.3) is 0 Å². The van der Waals surface area contributed by atoms with Crippen molar-refractivity contribution in [2.45, 2.75) is 18.2 Å². The summed E-state index contributed by atoms with van der Waals surface area (Å²) in [5.74, 6) is 0. The van der Waals surface area contributed by atoms with Crippen LogP contribution < -0.4 is 0 Å². The quantitative estimate of drug-likeness (QED) is 0.643. The Morgan fingerprint density at radius 2 is 2.33 bits per heavy atom. The molecule has 0 bridgehead atoms. The number of hydrogen-bond acceptors (Lipinski definition) is 4. The summed E-state index contributed by atoms with van der Waals surface area (Å²) in [7, 11) is 0. The third-order valence-electron chi connectivity index (χ3n) is 1.33. The van der Waals surface area contributed by atoms with Gasteiger partial charge in [0.15, 0.2) is 5.16 Å². The van der Waals surface area contributed by atoms with Crippen molar-refractivity contribution in [1.29, 1.82) is 0 Å². The lowest BCUT2D eigenvalue weighted by Gasteiger charge is -2.06. The molecule has 0 saturated heterocycles. The molecule has 0 aliphatic heterocycles. The van der Waals surface area contributed by atoms with Gasteiger partial charge in [0.05, 0.1) is 16.3 Å². The average Bonchev–Trinajstić information content (AvgIpc) is 2.05. The number of aliphatic hydroxyl groups is 1. The van der Waals surface area contributed by atoms with Crippen LogP contribution in [0.3, 0.4) is 0 Å². The SMILES string of the molecule is CSc1ncc(Br)c(C(C)O)n1. The van der Waals surface area contributed by atoms with Crippen molar-refractivity contribution in [1.82, 2.24) is 9.97 Å². The molecule has 1 unspecified atom stereocenters. The number of rotatable bonds is 2. The number of nitrogens with zero attached hydrogens (tertiary/aromatic N) is 2. The number of halogens is 1. The Morgan fingerprint density at radius 3 is 2.83 bits per heavy atom. The molecule has 3 nitrogen and oxygen atoms in total. The van der Waals surface area contributed by atoms with Crippen LogP contribution in [0.25, 0.3) is 0 Å². The summed E-state index contributed by atoms with van der Waals surface area (Å²) in [6, 6.07) is 0. The summed E-state index contributed by atoms with van der Waals surface area (Å²) >= 11 is 4.72. The normalized spacial score (nSPS) is 13.0. The summed E-state index contributed by atoms with van der Waals surface area (Å²) in [6.07, 6.45) is 2.99. The minimum absolute atomic E-state index is 0.562. The van der Waals surface area contributed by atoms with Crippen LogP contribution in [0, 0.1) is 0 Å². The molecule has 0 aliphatic rings. The molecule has 66 valence electrons. The minimum atomic E-state index is -0.562. The second-order valence-corrected chi connectivity index (χ2v) is 3.89. The molecule has 1 atom stereocenters. The molecule has 1 rings (SSSR count). The van der Waals surface area contributed by atoms with E-state index in [2.05, 4.69) is 25.9 Å². The maximum Gasteiger partial charge on any atom is 0.187 e. The zero-order chi connectivity index (χ0) is 9.14. The molecule has 1 aromatic rings. The van der Waals surface area contributed by atoms with E-state index in [4.69, 9.17) is 0 Å². The van der Waals surface area contributed by atoms with Gasteiger partial charge in [0, 0.05) is 6.20 Å². The highest BCUT2D eigenvalue weighted by Gasteiger charge is 2.09. The fraction of sp³-hybridized carbons (Fsp3) is 0.429. The topological polar surface area (TPSA) is 46.0 Å². The number of aromatic nitrogens is 2. The van der Waals surface area contributed by atoms with Gasteiger partial charge in [0.1, 0.15) is 0 Å². The summed E-state index contributed by atoms with van der Waals surface area (Å²) in [4.78, 5) is 8.18. The first-order valence-electron chi connectivity index (χ1n) is 3.39. The average molecular weight is 249 g/mol. The molecule has 0 aromatic carbocycles. The number of hydrogen-bond donors (Lipinski definition) is 1. The van der Waals surface area contributed by atoms with Crippen molar-refractivity contribution in [3.05, 3.63) is 16.4 Å². The van der Waals surface area contributed by atoms with Crippen LogP contribution in [0.4, 0.5) is 0 Å². The second kappa shape index (κ2) is 4.20. The lowest BCUT2D eigenvalue weighted by Crippen LogP contribution is -1.99. The first-order chi connectivity index (χ1) is 5.65. The maximum absolute atomic E-state index is 9.29. The highest BCUT2D eigenvalue weighted by molar-refractivity contribution is 9.10. The van der Waals surface area contributed by atoms with Crippen molar-refractivity contribution in [2.24, 2.45) is 0 Å². The maximum atomic E-state index is 9.29. The largest absolute Gasteiger partial charge is 0.387 e. The summed E-state index contributed by atoms with van der Waals surface area (Å²) in [5, 5.41) is 9.97. The van der Waals surface area contributed by atoms with E-state index >= 15 is 0 Å². The summed E-state index contributed by atoms with van der Waals surface area (Å²) in [6.45, 7) is 1.68. The van der Waals surface area contributed by atoms with Gasteiger partial charge >= 0.3 is 0 Å². The molecule has 0 spiro atoms. The fourth-order valence-electron chi connectivity index (χ4n) is 0.755. The van der Waals surface area contributed by atoms with Crippen LogP contribution in [-0.4, -0.2) is 21.3 Å². The zero-order valence-electron chi connectivity index (χ0n) is 6.78. The summed E-state index contributed by atoms with van der Waals surface area (Å²) in [5.41, 5.74) is 0.634. The van der Waals surface area contributed by atoms with E-state index in [-0.39, 0.29) is 0 Å². The first kappa shape index (κ1) is 9.95. The van der Waals surface area contributed by atoms with Crippen LogP contribution in [0.5, 0.6) is 0 Å². The molecule has 0 fully saturated rings. The third-order valence-corrected chi connectivity index (χ3v) is 2.50. The van der Waals surface area contributed by atoms with Crippen LogP contribution in [0.2, 0.25) is 0 Å². The molecule has 1 N–H and O–H groups in total. The van der Waals surface area contributed by atoms with E-state index in [1.807, 2.05) is 6.26 Å². The van der Waals surface area contributed by atoms with Crippen molar-refractivity contribution >= 4 is 27.7 Å². The molecular weight excluding hydrogens is 240 g/mol. The number of aliphatic hydroxyl groups excluding tert-OH is 1. The highest BCUT2D eigenvalue weighted by Crippen LogP contribution is 2.22. The number of thioether (sulfide) groups is 1. The molecule has 12 heavy (non-hydrogen) atoms. The molecule has 0 saturated carbocycles. The molecule has 0 radical (unpaired) electrons. The van der Waals surface area contributed by atoms with Gasteiger partial charge in [-0.2, -0.15) is 0 Å². The van der Waals surface area contributed by atoms with Gasteiger partial charge in [0.2, 0.25) is 0 Å². The Morgan fingerprint density at radius 1 is 1.67 bits per heavy atom. The molecule has 1 aromatic heterocycles. The standard InChI is InChI=1S/C7H9BrN2OS/c1-4(11)6-5(8)3-9-7(10-6)12-2/h3-4,11H,1-2H3. The first-order valence-corrected chi connectivity index (χ1v) is 5.41. The van der Waals surface area contributed by atoms with E-state index in [0.717, 1.165) is 4.47 Å². The van der Waals surface area contributed by atoms with Gasteiger partial charge in [-0.15, -0.1) is 0 Å². The summed E-state index contributed by atoms with van der Waals surface area (Å²) < 4.78 is 0.746. The highest BCUT2D eigenvalue weighted by atomic mass is 79.9. The van der Waals surface area contributed by atoms with Gasteiger partial charge in [-0.3, -0.25) is 0 Å². The van der Waals surface area contributed by atoms with Gasteiger partial charge in [-0.1, -0.05) is 11.8 Å². The second-order valence-electron chi connectivity index (χ2n) is 2.27. The van der Waals surface area contributed by atoms with Gasteiger partial charge < -0.3 is 5.11 Å². The monoisotopic (exact) mass is 248 g/mol. The lowest BCUT2D eigenvalue weighted by molar-refractivity contribution is 0.192. The van der Waals surface area contributed by atoms with E-state index < -0.39 is 6.10 Å². The van der Waals surface area contributed by atoms with Crippen LogP contribution in [0.1, 0.15) is 18.7 Å². The van der Waals surface area contributed by atoms with E-state index in [0.29, 0.717) is 10.9 Å². The molecular formula is C7H9BrN2OS. The Kier molecular flexibility index (Phi) is 3.49. The van der Waals surface area contributed by atoms with Gasteiger partial charge in [-0.25, -0.2) is 9.97 Å². The molecule has 0 aliphatic carbocycles. The van der Waals surface area contributed by atoms with Crippen LogP contribution in [0.15, 0.2) is 15.8 Å². The van der Waals surface area contributed by atoms with E-state index in [9.17, 15) is 5.11 Å². The van der Waals surface area contributed by atoms with Gasteiger partial charge in [-0.05, 0) is 29.1 Å². The predicted octanol–water partition coefficient (Wildman–Crippen LogP) is 2.01. The van der Waals surface area contributed by atoms with Crippen molar-refractivity contribution in [2.75, 3.05) is 6.26 Å². The van der Waals surface area contributed by atoms with Crippen molar-refractivity contribution in [3.8, 4) is 0 Å². The van der Waals surface area contributed by atoms with Crippen LogP contribution in [-0.2, 0) is 0 Å². The zero-order valence-corrected chi connectivity index (χ0v) is 9.19. The molecule has 0 amide bonds. The Labute approximate surface area is 83.8 Å². The van der Waals surface area contributed by atoms with Crippen molar-refractivity contribution < 1.29 is 5.11 Å². The minimum Gasteiger partial charge on any atom is -0.387 e. The Balaban J connectivity index is 3.08. The lowest BCUT2D eigenvalue weighted by atomic mass is 10.3. The third kappa shape index (κ3) is 2.18. The molecule has 1 heterocycles. The van der Waals surface area contributed by atoms with E-state index in [1.54, 1.807) is 13.1 Å². The fourth-order valence-corrected chi connectivity index (χ4v) is 1.62. The smallest absolute Gasteiger partial charge is 0.187 e. The molecule has 5 heteroatoms.